The van der Waals surface area contributed by atoms with Crippen LogP contribution in [0.2, 0.25) is 0 Å². The highest BCUT2D eigenvalue weighted by molar-refractivity contribution is 5.01. The third-order valence-electron chi connectivity index (χ3n) is 4.35. The number of hydrogen-bond acceptors (Lipinski definition) is 2. The van der Waals surface area contributed by atoms with Gasteiger partial charge in [-0.05, 0) is 38.0 Å². The predicted octanol–water partition coefficient (Wildman–Crippen LogP) is 2.29. The van der Waals surface area contributed by atoms with Gasteiger partial charge in [-0.3, -0.25) is 5.32 Å². The van der Waals surface area contributed by atoms with Crippen molar-refractivity contribution in [2.75, 3.05) is 13.2 Å². The zero-order valence-electron chi connectivity index (χ0n) is 9.14. The fourth-order valence-corrected chi connectivity index (χ4v) is 3.03. The van der Waals surface area contributed by atoms with Gasteiger partial charge in [-0.1, -0.05) is 13.3 Å². The highest BCUT2D eigenvalue weighted by Gasteiger charge is 2.50. The quantitative estimate of drug-likeness (QED) is 0.640. The molecule has 1 N–H and O–H groups in total. The topological polar surface area (TPSA) is 21.3 Å². The van der Waals surface area contributed by atoms with Crippen LogP contribution in [0.3, 0.4) is 0 Å². The second kappa shape index (κ2) is 2.96. The molecule has 0 aromatic heterocycles. The predicted molar refractivity (Wildman–Crippen MR) is 56.0 cm³/mol. The molecular formula is C12H21NO. The van der Waals surface area contributed by atoms with Gasteiger partial charge in [0.05, 0.1) is 6.61 Å². The molecule has 0 amide bonds. The molecule has 0 aromatic carbocycles. The van der Waals surface area contributed by atoms with Crippen molar-refractivity contribution >= 4 is 0 Å². The van der Waals surface area contributed by atoms with Crippen LogP contribution in [0.25, 0.3) is 0 Å². The Balaban J connectivity index is 1.66. The van der Waals surface area contributed by atoms with Crippen molar-refractivity contribution < 1.29 is 4.74 Å². The maximum Gasteiger partial charge on any atom is 0.119 e. The van der Waals surface area contributed by atoms with Crippen LogP contribution in [0.15, 0.2) is 0 Å². The average molecular weight is 195 g/mol. The van der Waals surface area contributed by atoms with Crippen LogP contribution in [-0.4, -0.2) is 18.9 Å². The summed E-state index contributed by atoms with van der Waals surface area (Å²) in [5.74, 6) is 0.838. The zero-order valence-corrected chi connectivity index (χ0v) is 9.14. The van der Waals surface area contributed by atoms with Gasteiger partial charge in [-0.25, -0.2) is 0 Å². The van der Waals surface area contributed by atoms with Gasteiger partial charge < -0.3 is 4.74 Å². The molecule has 2 aliphatic carbocycles. The lowest BCUT2D eigenvalue weighted by atomic mass is 9.82. The molecule has 2 saturated carbocycles. The highest BCUT2D eigenvalue weighted by atomic mass is 16.5. The van der Waals surface area contributed by atoms with E-state index in [1.807, 2.05) is 0 Å². The van der Waals surface area contributed by atoms with E-state index in [9.17, 15) is 0 Å². The standard InChI is InChI=1S/C12H21NO/c1-10-3-2-4-12(7-10)13-8-11(5-6-11)9-14-12/h10,13H,2-9H2,1H3. The summed E-state index contributed by atoms with van der Waals surface area (Å²) in [7, 11) is 0. The number of ether oxygens (including phenoxy) is 1. The lowest BCUT2D eigenvalue weighted by Crippen LogP contribution is -2.57. The Morgan fingerprint density at radius 1 is 1.29 bits per heavy atom. The molecule has 3 aliphatic rings. The van der Waals surface area contributed by atoms with Gasteiger partial charge in [0.1, 0.15) is 5.72 Å². The first-order chi connectivity index (χ1) is 6.72. The van der Waals surface area contributed by atoms with Crippen molar-refractivity contribution in [3.63, 3.8) is 0 Å². The normalized spacial score (nSPS) is 45.6. The summed E-state index contributed by atoms with van der Waals surface area (Å²) in [6.45, 7) is 4.58. The van der Waals surface area contributed by atoms with Gasteiger partial charge in [-0.15, -0.1) is 0 Å². The fourth-order valence-electron chi connectivity index (χ4n) is 3.03. The first-order valence-electron chi connectivity index (χ1n) is 6.11. The Morgan fingerprint density at radius 3 is 2.71 bits per heavy atom. The average Bonchev–Trinajstić information content (AvgIpc) is 2.92. The van der Waals surface area contributed by atoms with E-state index in [0.717, 1.165) is 12.5 Å². The molecule has 2 unspecified atom stereocenters. The molecule has 3 fully saturated rings. The molecule has 1 heterocycles. The minimum Gasteiger partial charge on any atom is -0.360 e. The Morgan fingerprint density at radius 2 is 2.14 bits per heavy atom. The molecule has 2 nitrogen and oxygen atoms in total. The van der Waals surface area contributed by atoms with Crippen molar-refractivity contribution in [1.29, 1.82) is 0 Å². The highest BCUT2D eigenvalue weighted by Crippen LogP contribution is 2.50. The monoisotopic (exact) mass is 195 g/mol. The molecule has 0 radical (unpaired) electrons. The van der Waals surface area contributed by atoms with E-state index in [-0.39, 0.29) is 5.72 Å². The van der Waals surface area contributed by atoms with E-state index in [4.69, 9.17) is 4.74 Å². The molecule has 1 aliphatic heterocycles. The minimum absolute atomic E-state index is 0.0749. The Bertz CT molecular complexity index is 224. The smallest absolute Gasteiger partial charge is 0.119 e. The van der Waals surface area contributed by atoms with Gasteiger partial charge in [0, 0.05) is 12.0 Å². The molecule has 80 valence electrons. The second-order valence-corrected chi connectivity index (χ2v) is 5.84. The number of rotatable bonds is 0. The van der Waals surface area contributed by atoms with Crippen molar-refractivity contribution in [2.24, 2.45) is 11.3 Å². The molecule has 3 rings (SSSR count). The van der Waals surface area contributed by atoms with E-state index in [2.05, 4.69) is 12.2 Å². The van der Waals surface area contributed by atoms with Crippen LogP contribution in [0, 0.1) is 11.3 Å². The van der Waals surface area contributed by atoms with E-state index in [0.29, 0.717) is 5.41 Å². The number of nitrogens with one attached hydrogen (secondary N) is 1. The van der Waals surface area contributed by atoms with Gasteiger partial charge in [0.25, 0.3) is 0 Å². The third kappa shape index (κ3) is 1.49. The van der Waals surface area contributed by atoms with E-state index in [1.165, 1.54) is 45.1 Å². The van der Waals surface area contributed by atoms with Crippen LogP contribution < -0.4 is 5.32 Å². The molecule has 2 atom stereocenters. The molecule has 2 spiro atoms. The van der Waals surface area contributed by atoms with E-state index < -0.39 is 0 Å². The molecule has 14 heavy (non-hydrogen) atoms. The fraction of sp³-hybridized carbons (Fsp3) is 1.00. The van der Waals surface area contributed by atoms with Crippen LogP contribution >= 0.6 is 0 Å². The maximum atomic E-state index is 6.14. The summed E-state index contributed by atoms with van der Waals surface area (Å²) in [5, 5.41) is 3.70. The first kappa shape index (κ1) is 9.17. The second-order valence-electron chi connectivity index (χ2n) is 5.84. The van der Waals surface area contributed by atoms with Crippen LogP contribution in [0.4, 0.5) is 0 Å². The first-order valence-corrected chi connectivity index (χ1v) is 6.11. The van der Waals surface area contributed by atoms with E-state index >= 15 is 0 Å². The van der Waals surface area contributed by atoms with Crippen LogP contribution in [0.1, 0.15) is 45.4 Å². The largest absolute Gasteiger partial charge is 0.360 e. The van der Waals surface area contributed by atoms with Gasteiger partial charge >= 0.3 is 0 Å². The van der Waals surface area contributed by atoms with Crippen molar-refractivity contribution in [3.05, 3.63) is 0 Å². The molecule has 1 saturated heterocycles. The summed E-state index contributed by atoms with van der Waals surface area (Å²) in [6.07, 6.45) is 7.94. The van der Waals surface area contributed by atoms with Crippen LogP contribution in [-0.2, 0) is 4.74 Å². The SMILES string of the molecule is CC1CCCC2(C1)NCC1(CC1)CO2. The van der Waals surface area contributed by atoms with Gasteiger partial charge in [-0.2, -0.15) is 0 Å². The van der Waals surface area contributed by atoms with E-state index in [1.54, 1.807) is 0 Å². The van der Waals surface area contributed by atoms with Crippen molar-refractivity contribution in [1.82, 2.24) is 5.32 Å². The van der Waals surface area contributed by atoms with Crippen LogP contribution in [0.5, 0.6) is 0 Å². The summed E-state index contributed by atoms with van der Waals surface area (Å²) in [4.78, 5) is 0. The molecule has 0 bridgehead atoms. The minimum atomic E-state index is 0.0749. The lowest BCUT2D eigenvalue weighted by Gasteiger charge is -2.45. The summed E-state index contributed by atoms with van der Waals surface area (Å²) >= 11 is 0. The van der Waals surface area contributed by atoms with Crippen molar-refractivity contribution in [2.45, 2.75) is 51.2 Å². The number of hydrogen-bond donors (Lipinski definition) is 1. The Labute approximate surface area is 86.4 Å². The molecular weight excluding hydrogens is 174 g/mol. The molecule has 0 aromatic rings. The lowest BCUT2D eigenvalue weighted by molar-refractivity contribution is -0.148. The van der Waals surface area contributed by atoms with Gasteiger partial charge in [0.2, 0.25) is 0 Å². The Kier molecular flexibility index (Phi) is 1.94. The third-order valence-corrected chi connectivity index (χ3v) is 4.35. The maximum absolute atomic E-state index is 6.14. The summed E-state index contributed by atoms with van der Waals surface area (Å²) in [5.41, 5.74) is 0.636. The molecule has 2 heteroatoms. The zero-order chi connectivity index (χ0) is 9.65. The summed E-state index contributed by atoms with van der Waals surface area (Å²) in [6, 6.07) is 0. The Hall–Kier alpha value is -0.0800. The summed E-state index contributed by atoms with van der Waals surface area (Å²) < 4.78 is 6.14. The van der Waals surface area contributed by atoms with Crippen molar-refractivity contribution in [3.8, 4) is 0 Å². The van der Waals surface area contributed by atoms with Gasteiger partial charge in [0.15, 0.2) is 0 Å².